The third-order valence-corrected chi connectivity index (χ3v) is 2.25. The number of aromatic nitrogens is 2. The maximum atomic E-state index is 11.6. The molecule has 6 heteroatoms. The summed E-state index contributed by atoms with van der Waals surface area (Å²) in [5.74, 6) is -0.0825. The molecule has 0 aromatic carbocycles. The van der Waals surface area contributed by atoms with Crippen LogP contribution in [0, 0.1) is 5.92 Å². The predicted octanol–water partition coefficient (Wildman–Crippen LogP) is 0.878. The number of nitrogens with one attached hydrogen (secondary N) is 1. The van der Waals surface area contributed by atoms with Crippen molar-refractivity contribution in [2.75, 3.05) is 13.2 Å². The molecule has 1 aromatic rings. The van der Waals surface area contributed by atoms with E-state index < -0.39 is 0 Å². The van der Waals surface area contributed by atoms with Gasteiger partial charge in [0.05, 0.1) is 12.4 Å². The molecule has 0 aliphatic heterocycles. The summed E-state index contributed by atoms with van der Waals surface area (Å²) < 4.78 is 0. The SMILES string of the molecule is CC(CCO)CNC(=O)c1cncc(Cl)n1. The van der Waals surface area contributed by atoms with Crippen LogP contribution in [0.15, 0.2) is 12.4 Å². The van der Waals surface area contributed by atoms with E-state index in [1.807, 2.05) is 6.92 Å². The summed E-state index contributed by atoms with van der Waals surface area (Å²) in [6.45, 7) is 2.56. The maximum absolute atomic E-state index is 11.6. The van der Waals surface area contributed by atoms with Gasteiger partial charge in [0.25, 0.3) is 5.91 Å². The molecule has 0 bridgehead atoms. The van der Waals surface area contributed by atoms with Crippen molar-refractivity contribution in [3.05, 3.63) is 23.2 Å². The van der Waals surface area contributed by atoms with Gasteiger partial charge in [0.1, 0.15) is 10.8 Å². The summed E-state index contributed by atoms with van der Waals surface area (Å²) in [4.78, 5) is 19.2. The molecule has 16 heavy (non-hydrogen) atoms. The van der Waals surface area contributed by atoms with Crippen LogP contribution in [-0.4, -0.2) is 34.1 Å². The van der Waals surface area contributed by atoms with Gasteiger partial charge in [-0.1, -0.05) is 18.5 Å². The van der Waals surface area contributed by atoms with E-state index in [2.05, 4.69) is 15.3 Å². The fourth-order valence-corrected chi connectivity index (χ4v) is 1.28. The second-order valence-electron chi connectivity index (χ2n) is 3.55. The van der Waals surface area contributed by atoms with E-state index in [0.29, 0.717) is 13.0 Å². The van der Waals surface area contributed by atoms with Gasteiger partial charge < -0.3 is 10.4 Å². The molecule has 0 aliphatic rings. The van der Waals surface area contributed by atoms with Crippen LogP contribution in [0.3, 0.4) is 0 Å². The van der Waals surface area contributed by atoms with Crippen LogP contribution in [0.5, 0.6) is 0 Å². The number of hydrogen-bond acceptors (Lipinski definition) is 4. The van der Waals surface area contributed by atoms with Crippen LogP contribution in [0.25, 0.3) is 0 Å². The Balaban J connectivity index is 2.47. The van der Waals surface area contributed by atoms with E-state index in [9.17, 15) is 4.79 Å². The molecule has 1 rings (SSSR count). The normalized spacial score (nSPS) is 12.2. The molecule has 0 aliphatic carbocycles. The molecule has 0 saturated carbocycles. The Morgan fingerprint density at radius 2 is 2.38 bits per heavy atom. The minimum atomic E-state index is -0.306. The molecule has 0 spiro atoms. The molecule has 0 fully saturated rings. The zero-order valence-electron chi connectivity index (χ0n) is 8.98. The number of halogens is 1. The average Bonchev–Trinajstić information content (AvgIpc) is 2.26. The highest BCUT2D eigenvalue weighted by atomic mass is 35.5. The van der Waals surface area contributed by atoms with Crippen LogP contribution >= 0.6 is 11.6 Å². The van der Waals surface area contributed by atoms with Crippen LogP contribution in [-0.2, 0) is 0 Å². The summed E-state index contributed by atoms with van der Waals surface area (Å²) in [7, 11) is 0. The lowest BCUT2D eigenvalue weighted by Crippen LogP contribution is -2.29. The molecule has 88 valence electrons. The van der Waals surface area contributed by atoms with Gasteiger partial charge in [-0.2, -0.15) is 0 Å². The first-order valence-corrected chi connectivity index (χ1v) is 5.38. The van der Waals surface area contributed by atoms with Gasteiger partial charge >= 0.3 is 0 Å². The van der Waals surface area contributed by atoms with E-state index in [4.69, 9.17) is 16.7 Å². The van der Waals surface area contributed by atoms with Crippen LogP contribution in [0.1, 0.15) is 23.8 Å². The Labute approximate surface area is 98.9 Å². The minimum Gasteiger partial charge on any atom is -0.396 e. The Hall–Kier alpha value is -1.20. The molecule has 0 radical (unpaired) electrons. The highest BCUT2D eigenvalue weighted by Gasteiger charge is 2.09. The number of nitrogens with zero attached hydrogens (tertiary/aromatic N) is 2. The van der Waals surface area contributed by atoms with Gasteiger partial charge in [-0.3, -0.25) is 9.78 Å². The Morgan fingerprint density at radius 3 is 3.00 bits per heavy atom. The predicted molar refractivity (Wildman–Crippen MR) is 60.2 cm³/mol. The third-order valence-electron chi connectivity index (χ3n) is 2.07. The van der Waals surface area contributed by atoms with Crippen molar-refractivity contribution in [1.82, 2.24) is 15.3 Å². The van der Waals surface area contributed by atoms with Crippen LogP contribution in [0.2, 0.25) is 5.15 Å². The Bertz CT molecular complexity index is 360. The third kappa shape index (κ3) is 4.12. The zero-order chi connectivity index (χ0) is 12.0. The standard InChI is InChI=1S/C10H14ClN3O2/c1-7(2-3-15)4-13-10(16)8-5-12-6-9(11)14-8/h5-7,15H,2-4H2,1H3,(H,13,16). The Kier molecular flexibility index (Phi) is 5.14. The second-order valence-corrected chi connectivity index (χ2v) is 3.94. The first kappa shape index (κ1) is 12.9. The molecule has 1 aromatic heterocycles. The molecular formula is C10H14ClN3O2. The largest absolute Gasteiger partial charge is 0.396 e. The van der Waals surface area contributed by atoms with Gasteiger partial charge in [0.2, 0.25) is 0 Å². The quantitative estimate of drug-likeness (QED) is 0.805. The van der Waals surface area contributed by atoms with Crippen molar-refractivity contribution in [2.24, 2.45) is 5.92 Å². The smallest absolute Gasteiger partial charge is 0.271 e. The van der Waals surface area contributed by atoms with Crippen molar-refractivity contribution in [3.63, 3.8) is 0 Å². The number of carbonyl (C=O) groups excluding carboxylic acids is 1. The molecule has 1 unspecified atom stereocenters. The number of aliphatic hydroxyl groups excluding tert-OH is 1. The van der Waals surface area contributed by atoms with E-state index >= 15 is 0 Å². The summed E-state index contributed by atoms with van der Waals surface area (Å²) in [6.07, 6.45) is 3.38. The van der Waals surface area contributed by atoms with Gasteiger partial charge in [0, 0.05) is 13.2 Å². The highest BCUT2D eigenvalue weighted by molar-refractivity contribution is 6.29. The van der Waals surface area contributed by atoms with Gasteiger partial charge in [-0.15, -0.1) is 0 Å². The molecule has 5 nitrogen and oxygen atoms in total. The van der Waals surface area contributed by atoms with E-state index in [-0.39, 0.29) is 29.3 Å². The molecule has 1 atom stereocenters. The Morgan fingerprint density at radius 1 is 1.62 bits per heavy atom. The topological polar surface area (TPSA) is 75.1 Å². The number of aliphatic hydroxyl groups is 1. The summed E-state index contributed by atoms with van der Waals surface area (Å²) in [5.41, 5.74) is 0.198. The first-order chi connectivity index (χ1) is 7.63. The maximum Gasteiger partial charge on any atom is 0.271 e. The second kappa shape index (κ2) is 6.40. The fourth-order valence-electron chi connectivity index (χ4n) is 1.13. The van der Waals surface area contributed by atoms with E-state index in [1.54, 1.807) is 0 Å². The van der Waals surface area contributed by atoms with Crippen molar-refractivity contribution in [1.29, 1.82) is 0 Å². The van der Waals surface area contributed by atoms with Crippen molar-refractivity contribution >= 4 is 17.5 Å². The number of amides is 1. The fraction of sp³-hybridized carbons (Fsp3) is 0.500. The lowest BCUT2D eigenvalue weighted by atomic mass is 10.1. The van der Waals surface area contributed by atoms with Crippen molar-refractivity contribution in [2.45, 2.75) is 13.3 Å². The average molecular weight is 244 g/mol. The summed E-state index contributed by atoms with van der Waals surface area (Å²) in [5, 5.41) is 11.6. The number of hydrogen-bond donors (Lipinski definition) is 2. The van der Waals surface area contributed by atoms with E-state index in [0.717, 1.165) is 0 Å². The van der Waals surface area contributed by atoms with E-state index in [1.165, 1.54) is 12.4 Å². The zero-order valence-corrected chi connectivity index (χ0v) is 9.74. The molecule has 1 heterocycles. The summed E-state index contributed by atoms with van der Waals surface area (Å²) >= 11 is 5.61. The number of rotatable bonds is 5. The molecule has 2 N–H and O–H groups in total. The van der Waals surface area contributed by atoms with Gasteiger partial charge in [-0.05, 0) is 12.3 Å². The van der Waals surface area contributed by atoms with Gasteiger partial charge in [0.15, 0.2) is 0 Å². The van der Waals surface area contributed by atoms with Crippen LogP contribution in [0.4, 0.5) is 0 Å². The monoisotopic (exact) mass is 243 g/mol. The molecule has 0 saturated heterocycles. The van der Waals surface area contributed by atoms with Crippen molar-refractivity contribution in [3.8, 4) is 0 Å². The minimum absolute atomic E-state index is 0.119. The van der Waals surface area contributed by atoms with Crippen LogP contribution < -0.4 is 5.32 Å². The number of carbonyl (C=O) groups is 1. The molecular weight excluding hydrogens is 230 g/mol. The summed E-state index contributed by atoms with van der Waals surface area (Å²) in [6, 6.07) is 0. The molecule has 1 amide bonds. The van der Waals surface area contributed by atoms with Gasteiger partial charge in [-0.25, -0.2) is 4.98 Å². The first-order valence-electron chi connectivity index (χ1n) is 5.00. The van der Waals surface area contributed by atoms with Crippen molar-refractivity contribution < 1.29 is 9.90 Å². The lowest BCUT2D eigenvalue weighted by molar-refractivity contribution is 0.0940. The highest BCUT2D eigenvalue weighted by Crippen LogP contribution is 2.03. The lowest BCUT2D eigenvalue weighted by Gasteiger charge is -2.10.